The molecule has 296 valence electrons. The highest BCUT2D eigenvalue weighted by molar-refractivity contribution is 9.11. The van der Waals surface area contributed by atoms with Crippen LogP contribution in [-0.2, 0) is 16.0 Å². The third-order valence-corrected chi connectivity index (χ3v) is 12.7. The van der Waals surface area contributed by atoms with Gasteiger partial charge in [-0.05, 0) is 143 Å². The van der Waals surface area contributed by atoms with E-state index in [0.29, 0.717) is 78.6 Å². The second kappa shape index (κ2) is 17.9. The molecular formula is C41H48Br2N8O5. The second-order valence-corrected chi connectivity index (χ2v) is 16.8. The molecule has 56 heavy (non-hydrogen) atoms. The fourth-order valence-electron chi connectivity index (χ4n) is 8.34. The van der Waals surface area contributed by atoms with Gasteiger partial charge in [0.05, 0.1) is 15.0 Å². The molecule has 15 heteroatoms. The van der Waals surface area contributed by atoms with Crippen LogP contribution in [0.25, 0.3) is 10.9 Å². The number of pyridine rings is 2. The normalized spacial score (nSPS) is 18.2. The number of phenolic OH excluding ortho intramolecular Hbond substituents is 1. The van der Waals surface area contributed by atoms with Crippen molar-refractivity contribution in [2.75, 3.05) is 57.3 Å². The molecule has 5 heterocycles. The van der Waals surface area contributed by atoms with Crippen LogP contribution in [0.1, 0.15) is 49.1 Å². The number of H-pyrrole nitrogens is 1. The van der Waals surface area contributed by atoms with Gasteiger partial charge in [-0.3, -0.25) is 24.3 Å². The van der Waals surface area contributed by atoms with Gasteiger partial charge in [0.1, 0.15) is 11.8 Å². The van der Waals surface area contributed by atoms with Crippen LogP contribution in [0.15, 0.2) is 80.7 Å². The number of rotatable bonds is 9. The monoisotopic (exact) mass is 890 g/mol. The zero-order valence-corrected chi connectivity index (χ0v) is 34.4. The predicted molar refractivity (Wildman–Crippen MR) is 223 cm³/mol. The predicted octanol–water partition coefficient (Wildman–Crippen LogP) is 4.96. The number of nitrogens with two attached hydrogens (primary N) is 1. The number of piperazine rings is 1. The van der Waals surface area contributed by atoms with E-state index in [1.54, 1.807) is 34.3 Å². The van der Waals surface area contributed by atoms with Crippen molar-refractivity contribution in [1.29, 1.82) is 0 Å². The standard InChI is InChI=1S/C41H48Br2N8O5/c42-32-21-27(22-33(43)37(32)52)23-34(44)39(54)51(41(56)50-15-9-28(10-16-50)31-25-29-3-1-2-4-35(29)47-38(31)53)36(24-26-5-11-45-12-6-26)40(55)49-19-17-48(18-20-49)30-7-13-46-14-8-30/h1-4,7-8,13-14,21-22,25-26,28,34,36,45,52H,5-6,9-12,15-20,23-24,44H2,(H,47,53)/t34-,36-/m1/s1. The Kier molecular flexibility index (Phi) is 12.7. The highest BCUT2D eigenvalue weighted by atomic mass is 79.9. The molecule has 0 radical (unpaired) electrons. The Hall–Kier alpha value is -4.31. The van der Waals surface area contributed by atoms with E-state index in [-0.39, 0.29) is 35.5 Å². The van der Waals surface area contributed by atoms with Crippen LogP contribution in [0.2, 0.25) is 0 Å². The fourth-order valence-corrected chi connectivity index (χ4v) is 9.62. The number of phenols is 1. The van der Waals surface area contributed by atoms with Crippen LogP contribution in [0.4, 0.5) is 10.5 Å². The number of aromatic hydroxyl groups is 1. The lowest BCUT2D eigenvalue weighted by Crippen LogP contribution is -2.62. The lowest BCUT2D eigenvalue weighted by Gasteiger charge is -2.42. The number of aromatic nitrogens is 2. The number of fused-ring (bicyclic) bond motifs is 1. The van der Waals surface area contributed by atoms with Gasteiger partial charge in [-0.25, -0.2) is 4.79 Å². The topological polar surface area (TPSA) is 168 Å². The van der Waals surface area contributed by atoms with Crippen molar-refractivity contribution < 1.29 is 19.5 Å². The number of para-hydroxylation sites is 1. The maximum Gasteiger partial charge on any atom is 0.327 e. The number of urea groups is 1. The van der Waals surface area contributed by atoms with Crippen LogP contribution in [0, 0.1) is 5.92 Å². The summed E-state index contributed by atoms with van der Waals surface area (Å²) in [5.74, 6) is -0.798. The molecular weight excluding hydrogens is 844 g/mol. The molecule has 2 aromatic heterocycles. The first kappa shape index (κ1) is 39.9. The van der Waals surface area contributed by atoms with E-state index in [9.17, 15) is 24.3 Å². The van der Waals surface area contributed by atoms with Gasteiger partial charge < -0.3 is 35.8 Å². The minimum absolute atomic E-state index is 0.0243. The average molecular weight is 893 g/mol. The SMILES string of the molecule is N[C@H](Cc1cc(Br)c(O)c(Br)c1)C(=O)N(C(=O)N1CCC(c2cc3ccccc3[nH]c2=O)CC1)[C@H](CC1CCNCC1)C(=O)N1CCN(c2ccncc2)CC1. The summed E-state index contributed by atoms with van der Waals surface area (Å²) in [6.45, 7) is 4.29. The number of carbonyl (C=O) groups is 3. The average Bonchev–Trinajstić information content (AvgIpc) is 3.22. The van der Waals surface area contributed by atoms with Crippen LogP contribution < -0.4 is 21.5 Å². The summed E-state index contributed by atoms with van der Waals surface area (Å²) >= 11 is 6.73. The number of piperidine rings is 2. The zero-order valence-electron chi connectivity index (χ0n) is 31.2. The third kappa shape index (κ3) is 8.96. The van der Waals surface area contributed by atoms with Gasteiger partial charge >= 0.3 is 6.03 Å². The van der Waals surface area contributed by atoms with E-state index in [2.05, 4.69) is 52.0 Å². The van der Waals surface area contributed by atoms with E-state index in [1.807, 2.05) is 42.5 Å². The molecule has 4 aromatic rings. The van der Waals surface area contributed by atoms with Gasteiger partial charge in [0.15, 0.2) is 0 Å². The maximum atomic E-state index is 14.9. The molecule has 3 fully saturated rings. The van der Waals surface area contributed by atoms with Crippen molar-refractivity contribution in [3.8, 4) is 5.75 Å². The molecule has 2 aromatic carbocycles. The first-order valence-corrected chi connectivity index (χ1v) is 21.0. The highest BCUT2D eigenvalue weighted by Gasteiger charge is 2.43. The lowest BCUT2D eigenvalue weighted by molar-refractivity contribution is -0.145. The number of hydrogen-bond acceptors (Lipinski definition) is 9. The number of nitrogens with one attached hydrogen (secondary N) is 2. The molecule has 2 atom stereocenters. The first-order valence-electron chi connectivity index (χ1n) is 19.4. The van der Waals surface area contributed by atoms with Gasteiger partial charge in [-0.15, -0.1) is 0 Å². The van der Waals surface area contributed by atoms with E-state index in [4.69, 9.17) is 5.73 Å². The zero-order chi connectivity index (χ0) is 39.3. The summed E-state index contributed by atoms with van der Waals surface area (Å²) < 4.78 is 0.875. The molecule has 0 unspecified atom stereocenters. The number of benzene rings is 2. The summed E-state index contributed by atoms with van der Waals surface area (Å²) in [5, 5.41) is 14.6. The van der Waals surface area contributed by atoms with E-state index >= 15 is 0 Å². The molecule has 0 aliphatic carbocycles. The summed E-state index contributed by atoms with van der Waals surface area (Å²) in [6.07, 6.45) is 6.62. The number of anilines is 1. The van der Waals surface area contributed by atoms with Crippen molar-refractivity contribution in [3.05, 3.63) is 97.4 Å². The maximum absolute atomic E-state index is 14.9. The number of imide groups is 1. The molecule has 4 amide bonds. The molecule has 5 N–H and O–H groups in total. The van der Waals surface area contributed by atoms with Gasteiger partial charge in [0.2, 0.25) is 11.8 Å². The summed E-state index contributed by atoms with van der Waals surface area (Å²) in [5.41, 5.74) is 9.72. The first-order chi connectivity index (χ1) is 27.1. The van der Waals surface area contributed by atoms with Crippen LogP contribution in [-0.4, -0.2) is 112 Å². The number of nitrogens with zero attached hydrogens (tertiary/aromatic N) is 5. The van der Waals surface area contributed by atoms with Gasteiger partial charge in [0, 0.05) is 68.4 Å². The van der Waals surface area contributed by atoms with Gasteiger partial charge in [-0.1, -0.05) is 18.2 Å². The summed E-state index contributed by atoms with van der Waals surface area (Å²) in [7, 11) is 0. The van der Waals surface area contributed by atoms with Crippen molar-refractivity contribution in [3.63, 3.8) is 0 Å². The molecule has 3 aliphatic heterocycles. The number of likely N-dealkylation sites (tertiary alicyclic amines) is 1. The summed E-state index contributed by atoms with van der Waals surface area (Å²) in [6, 6.07) is 14.1. The number of carbonyl (C=O) groups excluding carboxylic acids is 3. The molecule has 13 nitrogen and oxygen atoms in total. The van der Waals surface area contributed by atoms with Crippen LogP contribution in [0.5, 0.6) is 5.75 Å². The van der Waals surface area contributed by atoms with Gasteiger partial charge in [-0.2, -0.15) is 0 Å². The minimum Gasteiger partial charge on any atom is -0.506 e. The Balaban J connectivity index is 1.16. The van der Waals surface area contributed by atoms with Crippen molar-refractivity contribution in [2.45, 2.75) is 56.5 Å². The molecule has 0 spiro atoms. The molecule has 3 saturated heterocycles. The second-order valence-electron chi connectivity index (χ2n) is 15.1. The Morgan fingerprint density at radius 1 is 0.893 bits per heavy atom. The van der Waals surface area contributed by atoms with Gasteiger partial charge in [0.25, 0.3) is 5.56 Å². The van der Waals surface area contributed by atoms with Crippen LogP contribution >= 0.6 is 31.9 Å². The Morgan fingerprint density at radius 2 is 1.55 bits per heavy atom. The fraction of sp³-hybridized carbons (Fsp3) is 0.439. The lowest BCUT2D eigenvalue weighted by atomic mass is 9.88. The molecule has 0 saturated carbocycles. The van der Waals surface area contributed by atoms with E-state index in [1.165, 1.54) is 4.90 Å². The van der Waals surface area contributed by atoms with Crippen molar-refractivity contribution in [1.82, 2.24) is 30.0 Å². The molecule has 0 bridgehead atoms. The van der Waals surface area contributed by atoms with Crippen LogP contribution in [0.3, 0.4) is 0 Å². The number of amides is 4. The largest absolute Gasteiger partial charge is 0.506 e. The Morgan fingerprint density at radius 3 is 2.23 bits per heavy atom. The highest BCUT2D eigenvalue weighted by Crippen LogP contribution is 2.34. The number of aromatic amines is 1. The van der Waals surface area contributed by atoms with Crippen molar-refractivity contribution in [2.24, 2.45) is 11.7 Å². The summed E-state index contributed by atoms with van der Waals surface area (Å²) in [4.78, 5) is 71.6. The Bertz CT molecular complexity index is 2070. The smallest absolute Gasteiger partial charge is 0.327 e. The third-order valence-electron chi connectivity index (χ3n) is 11.5. The minimum atomic E-state index is -1.15. The number of hydrogen-bond donors (Lipinski definition) is 4. The molecule has 7 rings (SSSR count). The van der Waals surface area contributed by atoms with E-state index < -0.39 is 24.0 Å². The molecule has 3 aliphatic rings. The van der Waals surface area contributed by atoms with E-state index in [0.717, 1.165) is 42.5 Å². The quantitative estimate of drug-likeness (QED) is 0.182. The number of halogens is 2. The van der Waals surface area contributed by atoms with Crippen molar-refractivity contribution >= 4 is 66.3 Å². The Labute approximate surface area is 342 Å².